The average Bonchev–Trinajstić information content (AvgIpc) is 2.69. The third kappa shape index (κ3) is 4.41. The molecule has 0 radical (unpaired) electrons. The minimum absolute atomic E-state index is 0.0960. The van der Waals surface area contributed by atoms with Crippen molar-refractivity contribution in [1.82, 2.24) is 15.2 Å². The number of carbonyl (C=O) groups excluding carboxylic acids is 1. The summed E-state index contributed by atoms with van der Waals surface area (Å²) < 4.78 is 5.31. The number of aromatic nitrogens is 1. The molecule has 1 saturated heterocycles. The Balaban J connectivity index is 1.58. The van der Waals surface area contributed by atoms with E-state index in [0.717, 1.165) is 38.4 Å². The standard InChI is InChI=1S/C19H20N4O2/c20-14-17-2-1-7-21-18(17)15-3-5-16(6-4-15)19(24)22-8-9-23-10-12-25-13-11-23/h1-7H,8-13H2,(H,22,24). The molecule has 2 aromatic rings. The van der Waals surface area contributed by atoms with Gasteiger partial charge in [0.2, 0.25) is 0 Å². The molecular weight excluding hydrogens is 316 g/mol. The Hall–Kier alpha value is -2.75. The highest BCUT2D eigenvalue weighted by Crippen LogP contribution is 2.20. The molecule has 0 bridgehead atoms. The van der Waals surface area contributed by atoms with Gasteiger partial charge in [0, 0.05) is 43.5 Å². The molecule has 1 aliphatic rings. The Morgan fingerprint density at radius 1 is 1.24 bits per heavy atom. The lowest BCUT2D eigenvalue weighted by molar-refractivity contribution is 0.0383. The van der Waals surface area contributed by atoms with Crippen molar-refractivity contribution in [2.45, 2.75) is 0 Å². The molecule has 6 heteroatoms. The van der Waals surface area contributed by atoms with E-state index in [4.69, 9.17) is 10.00 Å². The number of nitriles is 1. The van der Waals surface area contributed by atoms with Gasteiger partial charge in [-0.05, 0) is 24.3 Å². The average molecular weight is 336 g/mol. The fourth-order valence-electron chi connectivity index (χ4n) is 2.76. The van der Waals surface area contributed by atoms with Crippen LogP contribution in [0.15, 0.2) is 42.6 Å². The van der Waals surface area contributed by atoms with Crippen LogP contribution in [0.4, 0.5) is 0 Å². The van der Waals surface area contributed by atoms with Gasteiger partial charge in [-0.3, -0.25) is 14.7 Å². The number of benzene rings is 1. The van der Waals surface area contributed by atoms with E-state index in [1.165, 1.54) is 0 Å². The third-order valence-electron chi connectivity index (χ3n) is 4.17. The van der Waals surface area contributed by atoms with E-state index >= 15 is 0 Å². The SMILES string of the molecule is N#Cc1cccnc1-c1ccc(C(=O)NCCN2CCOCC2)cc1. The lowest BCUT2D eigenvalue weighted by atomic mass is 10.0. The zero-order valence-electron chi connectivity index (χ0n) is 13.9. The smallest absolute Gasteiger partial charge is 0.251 e. The molecule has 1 fully saturated rings. The number of hydrogen-bond donors (Lipinski definition) is 1. The molecule has 0 atom stereocenters. The van der Waals surface area contributed by atoms with Crippen LogP contribution in [0.2, 0.25) is 0 Å². The number of amides is 1. The van der Waals surface area contributed by atoms with Gasteiger partial charge in [0.05, 0.1) is 24.5 Å². The Kier molecular flexibility index (Phi) is 5.73. The summed E-state index contributed by atoms with van der Waals surface area (Å²) >= 11 is 0. The Bertz CT molecular complexity index is 762. The van der Waals surface area contributed by atoms with E-state index in [0.29, 0.717) is 23.4 Å². The Morgan fingerprint density at radius 2 is 2.00 bits per heavy atom. The first kappa shape index (κ1) is 17.1. The number of nitrogens with zero attached hydrogens (tertiary/aromatic N) is 3. The van der Waals surface area contributed by atoms with Crippen molar-refractivity contribution in [3.8, 4) is 17.3 Å². The summed E-state index contributed by atoms with van der Waals surface area (Å²) in [6, 6.07) is 12.8. The van der Waals surface area contributed by atoms with E-state index in [-0.39, 0.29) is 5.91 Å². The maximum atomic E-state index is 12.2. The van der Waals surface area contributed by atoms with E-state index in [9.17, 15) is 4.79 Å². The first-order valence-corrected chi connectivity index (χ1v) is 8.32. The summed E-state index contributed by atoms with van der Waals surface area (Å²) in [7, 11) is 0. The first-order chi connectivity index (χ1) is 12.3. The highest BCUT2D eigenvalue weighted by Gasteiger charge is 2.11. The second kappa shape index (κ2) is 8.38. The van der Waals surface area contributed by atoms with Crippen molar-refractivity contribution in [2.75, 3.05) is 39.4 Å². The van der Waals surface area contributed by atoms with Crippen LogP contribution in [0.1, 0.15) is 15.9 Å². The lowest BCUT2D eigenvalue weighted by Gasteiger charge is -2.26. The molecule has 1 amide bonds. The van der Waals surface area contributed by atoms with Gasteiger partial charge in [-0.15, -0.1) is 0 Å². The number of carbonyl (C=O) groups is 1. The van der Waals surface area contributed by atoms with Gasteiger partial charge in [0.1, 0.15) is 6.07 Å². The summed E-state index contributed by atoms with van der Waals surface area (Å²) in [6.45, 7) is 4.78. The lowest BCUT2D eigenvalue weighted by Crippen LogP contribution is -2.41. The molecule has 1 aliphatic heterocycles. The number of ether oxygens (including phenoxy) is 1. The van der Waals surface area contributed by atoms with Gasteiger partial charge >= 0.3 is 0 Å². The van der Waals surface area contributed by atoms with Gasteiger partial charge in [-0.1, -0.05) is 12.1 Å². The monoisotopic (exact) mass is 336 g/mol. The predicted molar refractivity (Wildman–Crippen MR) is 94.0 cm³/mol. The molecule has 1 N–H and O–H groups in total. The van der Waals surface area contributed by atoms with Crippen LogP contribution in [-0.2, 0) is 4.74 Å². The van der Waals surface area contributed by atoms with Gasteiger partial charge < -0.3 is 10.1 Å². The highest BCUT2D eigenvalue weighted by molar-refractivity contribution is 5.94. The largest absolute Gasteiger partial charge is 0.379 e. The van der Waals surface area contributed by atoms with E-state index < -0.39 is 0 Å². The van der Waals surface area contributed by atoms with Crippen LogP contribution >= 0.6 is 0 Å². The van der Waals surface area contributed by atoms with Crippen LogP contribution in [0.25, 0.3) is 11.3 Å². The van der Waals surface area contributed by atoms with Crippen molar-refractivity contribution < 1.29 is 9.53 Å². The van der Waals surface area contributed by atoms with Crippen molar-refractivity contribution in [3.63, 3.8) is 0 Å². The highest BCUT2D eigenvalue weighted by atomic mass is 16.5. The second-order valence-corrected chi connectivity index (χ2v) is 5.80. The molecular formula is C19H20N4O2. The molecule has 0 saturated carbocycles. The number of morpholine rings is 1. The minimum atomic E-state index is -0.0960. The van der Waals surface area contributed by atoms with Gasteiger partial charge in [0.25, 0.3) is 5.91 Å². The maximum Gasteiger partial charge on any atom is 0.251 e. The zero-order chi connectivity index (χ0) is 17.5. The molecule has 0 spiro atoms. The van der Waals surface area contributed by atoms with Crippen molar-refractivity contribution in [3.05, 3.63) is 53.7 Å². The van der Waals surface area contributed by atoms with Crippen molar-refractivity contribution >= 4 is 5.91 Å². The fourth-order valence-corrected chi connectivity index (χ4v) is 2.76. The van der Waals surface area contributed by atoms with Crippen molar-refractivity contribution in [2.24, 2.45) is 0 Å². The summed E-state index contributed by atoms with van der Waals surface area (Å²) in [4.78, 5) is 18.8. The molecule has 6 nitrogen and oxygen atoms in total. The molecule has 3 rings (SSSR count). The first-order valence-electron chi connectivity index (χ1n) is 8.32. The van der Waals surface area contributed by atoms with Gasteiger partial charge in [-0.25, -0.2) is 0 Å². The van der Waals surface area contributed by atoms with E-state index in [1.807, 2.05) is 12.1 Å². The van der Waals surface area contributed by atoms with E-state index in [1.54, 1.807) is 30.5 Å². The van der Waals surface area contributed by atoms with E-state index in [2.05, 4.69) is 21.3 Å². The topological polar surface area (TPSA) is 78.2 Å². The summed E-state index contributed by atoms with van der Waals surface area (Å²) in [5, 5.41) is 12.1. The van der Waals surface area contributed by atoms with Crippen LogP contribution < -0.4 is 5.32 Å². The second-order valence-electron chi connectivity index (χ2n) is 5.80. The quantitative estimate of drug-likeness (QED) is 0.899. The van der Waals surface area contributed by atoms with Gasteiger partial charge in [-0.2, -0.15) is 5.26 Å². The predicted octanol–water partition coefficient (Wildman–Crippen LogP) is 1.68. The normalized spacial score (nSPS) is 14.7. The molecule has 2 heterocycles. The fraction of sp³-hybridized carbons (Fsp3) is 0.316. The van der Waals surface area contributed by atoms with Gasteiger partial charge in [0.15, 0.2) is 0 Å². The van der Waals surface area contributed by atoms with Crippen LogP contribution in [-0.4, -0.2) is 55.2 Å². The molecule has 1 aromatic carbocycles. The molecule has 0 aliphatic carbocycles. The number of pyridine rings is 1. The summed E-state index contributed by atoms with van der Waals surface area (Å²) in [5.41, 5.74) is 2.57. The zero-order valence-corrected chi connectivity index (χ0v) is 13.9. The van der Waals surface area contributed by atoms with Crippen LogP contribution in [0.5, 0.6) is 0 Å². The maximum absolute atomic E-state index is 12.2. The van der Waals surface area contributed by atoms with Crippen LogP contribution in [0, 0.1) is 11.3 Å². The Labute approximate surface area is 147 Å². The number of rotatable bonds is 5. The number of nitrogens with one attached hydrogen (secondary N) is 1. The number of hydrogen-bond acceptors (Lipinski definition) is 5. The molecule has 0 unspecified atom stereocenters. The molecule has 128 valence electrons. The molecule has 1 aromatic heterocycles. The van der Waals surface area contributed by atoms with Crippen molar-refractivity contribution in [1.29, 1.82) is 5.26 Å². The van der Waals surface area contributed by atoms with Crippen LogP contribution in [0.3, 0.4) is 0 Å². The summed E-state index contributed by atoms with van der Waals surface area (Å²) in [6.07, 6.45) is 1.66. The minimum Gasteiger partial charge on any atom is -0.379 e. The Morgan fingerprint density at radius 3 is 2.72 bits per heavy atom. The summed E-state index contributed by atoms with van der Waals surface area (Å²) in [5.74, 6) is -0.0960. The molecule has 25 heavy (non-hydrogen) atoms. The third-order valence-corrected chi connectivity index (χ3v) is 4.17.